The maximum atomic E-state index is 14.1. The van der Waals surface area contributed by atoms with Crippen molar-refractivity contribution < 1.29 is 19.1 Å². The quantitative estimate of drug-likeness (QED) is 0.731. The van der Waals surface area contributed by atoms with Crippen LogP contribution in [0.2, 0.25) is 0 Å². The first kappa shape index (κ1) is 18.9. The standard InChI is InChI=1S/C20H20FN5O3/c1-13-16(11-23-26(13)18-5-3-2-4-17(18)21)19(27)24-8-6-15(7-9-24)25-12-14(10-22-25)20(28)29/h2-5,10-12,15H,6-9H2,1H3,(H,28,29). The van der Waals surface area contributed by atoms with Gasteiger partial charge < -0.3 is 10.0 Å². The van der Waals surface area contributed by atoms with Gasteiger partial charge in [0.2, 0.25) is 0 Å². The van der Waals surface area contributed by atoms with Gasteiger partial charge in [-0.15, -0.1) is 0 Å². The molecule has 1 amide bonds. The molecule has 1 saturated heterocycles. The molecule has 0 unspecified atom stereocenters. The van der Waals surface area contributed by atoms with Crippen molar-refractivity contribution in [3.05, 3.63) is 65.5 Å². The van der Waals surface area contributed by atoms with E-state index in [2.05, 4.69) is 10.2 Å². The molecule has 8 nitrogen and oxygen atoms in total. The number of carbonyl (C=O) groups is 2. The van der Waals surface area contributed by atoms with Crippen LogP contribution in [0.5, 0.6) is 0 Å². The number of carbonyl (C=O) groups excluding carboxylic acids is 1. The third-order valence-corrected chi connectivity index (χ3v) is 5.30. The Labute approximate surface area is 166 Å². The number of aromatic nitrogens is 4. The number of benzene rings is 1. The lowest BCUT2D eigenvalue weighted by molar-refractivity contribution is 0.0687. The normalized spacial score (nSPS) is 14.9. The number of likely N-dealkylation sites (tertiary alicyclic amines) is 1. The van der Waals surface area contributed by atoms with E-state index in [4.69, 9.17) is 5.11 Å². The molecule has 3 heterocycles. The van der Waals surface area contributed by atoms with Gasteiger partial charge in [-0.1, -0.05) is 12.1 Å². The number of carboxylic acids is 1. The molecule has 0 bridgehead atoms. The first-order chi connectivity index (χ1) is 14.0. The topological polar surface area (TPSA) is 93.2 Å². The van der Waals surface area contributed by atoms with E-state index in [-0.39, 0.29) is 17.5 Å². The maximum absolute atomic E-state index is 14.1. The molecule has 0 saturated carbocycles. The van der Waals surface area contributed by atoms with Gasteiger partial charge in [0.25, 0.3) is 5.91 Å². The second-order valence-corrected chi connectivity index (χ2v) is 7.04. The van der Waals surface area contributed by atoms with E-state index in [1.807, 2.05) is 0 Å². The Balaban J connectivity index is 1.46. The molecule has 3 aromatic rings. The van der Waals surface area contributed by atoms with Gasteiger partial charge in [0.05, 0.1) is 35.3 Å². The number of amides is 1. The van der Waals surface area contributed by atoms with Crippen LogP contribution in [0, 0.1) is 12.7 Å². The summed E-state index contributed by atoms with van der Waals surface area (Å²) in [5.41, 5.74) is 1.48. The molecule has 150 valence electrons. The molecule has 0 radical (unpaired) electrons. The number of carboxylic acid groups (broad SMARTS) is 1. The Morgan fingerprint density at radius 1 is 1.14 bits per heavy atom. The number of para-hydroxylation sites is 1. The minimum absolute atomic E-state index is 0.0504. The average Bonchev–Trinajstić information content (AvgIpc) is 3.36. The number of rotatable bonds is 4. The van der Waals surface area contributed by atoms with E-state index in [9.17, 15) is 14.0 Å². The Bertz CT molecular complexity index is 1070. The molecule has 1 fully saturated rings. The highest BCUT2D eigenvalue weighted by atomic mass is 19.1. The number of nitrogens with zero attached hydrogens (tertiary/aromatic N) is 5. The largest absolute Gasteiger partial charge is 0.478 e. The van der Waals surface area contributed by atoms with E-state index < -0.39 is 11.8 Å². The molecular formula is C20H20FN5O3. The Morgan fingerprint density at radius 3 is 2.52 bits per heavy atom. The van der Waals surface area contributed by atoms with Crippen molar-refractivity contribution in [2.45, 2.75) is 25.8 Å². The van der Waals surface area contributed by atoms with Gasteiger partial charge in [-0.3, -0.25) is 9.48 Å². The zero-order chi connectivity index (χ0) is 20.5. The SMILES string of the molecule is Cc1c(C(=O)N2CCC(n3cc(C(=O)O)cn3)CC2)cnn1-c1ccccc1F. The maximum Gasteiger partial charge on any atom is 0.338 e. The van der Waals surface area contributed by atoms with Crippen LogP contribution in [0.1, 0.15) is 45.3 Å². The van der Waals surface area contributed by atoms with E-state index in [0.717, 1.165) is 0 Å². The smallest absolute Gasteiger partial charge is 0.338 e. The van der Waals surface area contributed by atoms with Crippen LogP contribution in [0.3, 0.4) is 0 Å². The van der Waals surface area contributed by atoms with Gasteiger partial charge in [-0.05, 0) is 31.9 Å². The minimum atomic E-state index is -1.01. The molecule has 2 aromatic heterocycles. The summed E-state index contributed by atoms with van der Waals surface area (Å²) < 4.78 is 17.2. The zero-order valence-corrected chi connectivity index (χ0v) is 15.8. The molecule has 0 atom stereocenters. The Hall–Kier alpha value is -3.49. The summed E-state index contributed by atoms with van der Waals surface area (Å²) in [7, 11) is 0. The van der Waals surface area contributed by atoms with Crippen molar-refractivity contribution in [3.63, 3.8) is 0 Å². The van der Waals surface area contributed by atoms with Crippen LogP contribution in [0.25, 0.3) is 5.69 Å². The number of piperidine rings is 1. The molecule has 1 aliphatic heterocycles. The second kappa shape index (κ2) is 7.50. The van der Waals surface area contributed by atoms with Crippen LogP contribution in [0.4, 0.5) is 4.39 Å². The fourth-order valence-electron chi connectivity index (χ4n) is 3.64. The van der Waals surface area contributed by atoms with Crippen molar-refractivity contribution in [2.75, 3.05) is 13.1 Å². The summed E-state index contributed by atoms with van der Waals surface area (Å²) >= 11 is 0. The number of aromatic carboxylic acids is 1. The summed E-state index contributed by atoms with van der Waals surface area (Å²) in [6.07, 6.45) is 5.68. The van der Waals surface area contributed by atoms with Crippen LogP contribution >= 0.6 is 0 Å². The highest BCUT2D eigenvalue weighted by molar-refractivity contribution is 5.95. The van der Waals surface area contributed by atoms with Crippen molar-refractivity contribution in [1.29, 1.82) is 0 Å². The summed E-state index contributed by atoms with van der Waals surface area (Å²) in [5.74, 6) is -1.56. The van der Waals surface area contributed by atoms with E-state index >= 15 is 0 Å². The molecule has 0 spiro atoms. The molecule has 1 aliphatic rings. The molecule has 29 heavy (non-hydrogen) atoms. The molecule has 9 heteroatoms. The summed E-state index contributed by atoms with van der Waals surface area (Å²) in [4.78, 5) is 25.7. The second-order valence-electron chi connectivity index (χ2n) is 7.04. The average molecular weight is 397 g/mol. The summed E-state index contributed by atoms with van der Waals surface area (Å²) in [5, 5.41) is 17.4. The Morgan fingerprint density at radius 2 is 1.86 bits per heavy atom. The van der Waals surface area contributed by atoms with Crippen LogP contribution in [-0.2, 0) is 0 Å². The predicted molar refractivity (Wildman–Crippen MR) is 102 cm³/mol. The minimum Gasteiger partial charge on any atom is -0.478 e. The lowest BCUT2D eigenvalue weighted by Gasteiger charge is -2.32. The fourth-order valence-corrected chi connectivity index (χ4v) is 3.64. The predicted octanol–water partition coefficient (Wildman–Crippen LogP) is 2.69. The van der Waals surface area contributed by atoms with Crippen LogP contribution in [-0.4, -0.2) is 54.5 Å². The molecular weight excluding hydrogens is 377 g/mol. The molecule has 1 aromatic carbocycles. The molecule has 4 rings (SSSR count). The van der Waals surface area contributed by atoms with Crippen molar-refractivity contribution in [3.8, 4) is 5.69 Å². The first-order valence-electron chi connectivity index (χ1n) is 9.32. The van der Waals surface area contributed by atoms with E-state index in [1.165, 1.54) is 29.3 Å². The van der Waals surface area contributed by atoms with Crippen LogP contribution < -0.4 is 0 Å². The highest BCUT2D eigenvalue weighted by Gasteiger charge is 2.27. The van der Waals surface area contributed by atoms with Crippen LogP contribution in [0.15, 0.2) is 42.9 Å². The van der Waals surface area contributed by atoms with Gasteiger partial charge >= 0.3 is 5.97 Å². The third-order valence-electron chi connectivity index (χ3n) is 5.30. The van der Waals surface area contributed by atoms with Crippen molar-refractivity contribution >= 4 is 11.9 Å². The number of hydrogen-bond donors (Lipinski definition) is 1. The molecule has 1 N–H and O–H groups in total. The van der Waals surface area contributed by atoms with Gasteiger partial charge in [-0.2, -0.15) is 10.2 Å². The lowest BCUT2D eigenvalue weighted by Crippen LogP contribution is -2.39. The van der Waals surface area contributed by atoms with Gasteiger partial charge in [0.15, 0.2) is 0 Å². The zero-order valence-electron chi connectivity index (χ0n) is 15.8. The van der Waals surface area contributed by atoms with Gasteiger partial charge in [0.1, 0.15) is 11.5 Å². The highest BCUT2D eigenvalue weighted by Crippen LogP contribution is 2.25. The Kier molecular flexibility index (Phi) is 4.87. The number of halogens is 1. The van der Waals surface area contributed by atoms with Crippen molar-refractivity contribution in [1.82, 2.24) is 24.5 Å². The summed E-state index contributed by atoms with van der Waals surface area (Å²) in [6, 6.07) is 6.34. The van der Waals surface area contributed by atoms with Gasteiger partial charge in [-0.25, -0.2) is 13.9 Å². The van der Waals surface area contributed by atoms with E-state index in [1.54, 1.807) is 34.7 Å². The van der Waals surface area contributed by atoms with E-state index in [0.29, 0.717) is 42.9 Å². The third kappa shape index (κ3) is 3.51. The molecule has 0 aliphatic carbocycles. The summed E-state index contributed by atoms with van der Waals surface area (Å²) in [6.45, 7) is 2.79. The monoisotopic (exact) mass is 397 g/mol. The van der Waals surface area contributed by atoms with Gasteiger partial charge in [0, 0.05) is 19.3 Å². The number of hydrogen-bond acceptors (Lipinski definition) is 4. The first-order valence-corrected chi connectivity index (χ1v) is 9.32. The van der Waals surface area contributed by atoms with Crippen molar-refractivity contribution in [2.24, 2.45) is 0 Å². The lowest BCUT2D eigenvalue weighted by atomic mass is 10.0. The fraction of sp³-hybridized carbons (Fsp3) is 0.300.